The molecule has 1 N–H and O–H groups in total. The first kappa shape index (κ1) is 14.0. The number of nitrogens with zero attached hydrogens (tertiary/aromatic N) is 1. The van der Waals surface area contributed by atoms with Crippen LogP contribution in [-0.4, -0.2) is 36.0 Å². The predicted molar refractivity (Wildman–Crippen MR) is 79.8 cm³/mol. The van der Waals surface area contributed by atoms with Gasteiger partial charge in [0, 0.05) is 34.1 Å². The van der Waals surface area contributed by atoms with E-state index in [-0.39, 0.29) is 11.4 Å². The van der Waals surface area contributed by atoms with Gasteiger partial charge in [0.15, 0.2) is 0 Å². The van der Waals surface area contributed by atoms with Crippen molar-refractivity contribution in [2.24, 2.45) is 0 Å². The minimum absolute atomic E-state index is 0.0181. The van der Waals surface area contributed by atoms with Gasteiger partial charge in [-0.3, -0.25) is 4.79 Å². The molecule has 0 unspecified atom stereocenters. The average molecular weight is 376 g/mol. The lowest BCUT2D eigenvalue weighted by Crippen LogP contribution is -2.58. The topological polar surface area (TPSA) is 32.3 Å². The molecule has 3 nitrogen and oxygen atoms in total. The maximum Gasteiger partial charge on any atom is 0.255 e. The molecular weight excluding hydrogens is 360 g/mol. The second-order valence-corrected chi connectivity index (χ2v) is 6.93. The second-order valence-electron chi connectivity index (χ2n) is 5.16. The molecule has 0 aliphatic carbocycles. The van der Waals surface area contributed by atoms with Crippen molar-refractivity contribution < 1.29 is 4.79 Å². The average Bonchev–Trinajstić information content (AvgIpc) is 2.27. The van der Waals surface area contributed by atoms with Gasteiger partial charge in [0.1, 0.15) is 0 Å². The van der Waals surface area contributed by atoms with Crippen molar-refractivity contribution >= 4 is 37.8 Å². The summed E-state index contributed by atoms with van der Waals surface area (Å²) >= 11 is 6.84. The zero-order valence-corrected chi connectivity index (χ0v) is 13.6. The van der Waals surface area contributed by atoms with E-state index in [1.54, 1.807) is 0 Å². The quantitative estimate of drug-likeness (QED) is 0.818. The fourth-order valence-electron chi connectivity index (χ4n) is 2.15. The number of carbonyl (C=O) groups is 1. The summed E-state index contributed by atoms with van der Waals surface area (Å²) in [5.74, 6) is 0.0870. The van der Waals surface area contributed by atoms with Crippen molar-refractivity contribution in [1.29, 1.82) is 0 Å². The van der Waals surface area contributed by atoms with Gasteiger partial charge in [0.05, 0.1) is 5.56 Å². The normalized spacial score (nSPS) is 18.8. The summed E-state index contributed by atoms with van der Waals surface area (Å²) in [4.78, 5) is 14.4. The highest BCUT2D eigenvalue weighted by molar-refractivity contribution is 9.11. The molecule has 0 atom stereocenters. The molecule has 0 spiro atoms. The van der Waals surface area contributed by atoms with Crippen LogP contribution in [0, 0.1) is 0 Å². The smallest absolute Gasteiger partial charge is 0.255 e. The van der Waals surface area contributed by atoms with E-state index < -0.39 is 0 Å². The summed E-state index contributed by atoms with van der Waals surface area (Å²) in [7, 11) is 0. The molecule has 1 saturated heterocycles. The number of piperazine rings is 1. The first-order valence-electron chi connectivity index (χ1n) is 5.88. The highest BCUT2D eigenvalue weighted by Gasteiger charge is 2.29. The number of amides is 1. The molecule has 1 amide bonds. The minimum atomic E-state index is -0.0181. The predicted octanol–water partition coefficient (Wildman–Crippen LogP) is 3.04. The third-order valence-corrected chi connectivity index (χ3v) is 4.17. The van der Waals surface area contributed by atoms with E-state index in [4.69, 9.17) is 0 Å². The van der Waals surface area contributed by atoms with Crippen LogP contribution in [0.25, 0.3) is 0 Å². The van der Waals surface area contributed by atoms with E-state index in [0.717, 1.165) is 34.1 Å². The Balaban J connectivity index is 2.20. The molecular formula is C13H16Br2N2O. The molecule has 0 saturated carbocycles. The summed E-state index contributed by atoms with van der Waals surface area (Å²) in [6.45, 7) is 6.55. The van der Waals surface area contributed by atoms with E-state index in [0.29, 0.717) is 0 Å². The fourth-order valence-corrected chi connectivity index (χ4v) is 3.36. The van der Waals surface area contributed by atoms with Gasteiger partial charge in [-0.25, -0.2) is 0 Å². The van der Waals surface area contributed by atoms with E-state index in [9.17, 15) is 4.79 Å². The zero-order chi connectivity index (χ0) is 13.3. The summed E-state index contributed by atoms with van der Waals surface area (Å²) in [6, 6.07) is 5.65. The highest BCUT2D eigenvalue weighted by atomic mass is 79.9. The Hall–Kier alpha value is -0.390. The van der Waals surface area contributed by atoms with Crippen LogP contribution < -0.4 is 5.32 Å². The Morgan fingerprint density at radius 3 is 2.72 bits per heavy atom. The van der Waals surface area contributed by atoms with Crippen LogP contribution in [0.15, 0.2) is 27.1 Å². The lowest BCUT2D eigenvalue weighted by Gasteiger charge is -2.39. The first-order chi connectivity index (χ1) is 8.39. The van der Waals surface area contributed by atoms with E-state index in [1.165, 1.54) is 0 Å². The number of carbonyl (C=O) groups excluding carboxylic acids is 1. The van der Waals surface area contributed by atoms with Gasteiger partial charge in [0.2, 0.25) is 0 Å². The van der Waals surface area contributed by atoms with Crippen molar-refractivity contribution in [1.82, 2.24) is 10.2 Å². The van der Waals surface area contributed by atoms with E-state index in [2.05, 4.69) is 51.0 Å². The molecule has 98 valence electrons. The Bertz CT molecular complexity index is 474. The SMILES string of the molecule is CC1(C)CN(C(=O)c2ccc(Br)cc2Br)CCN1. The highest BCUT2D eigenvalue weighted by Crippen LogP contribution is 2.24. The maximum atomic E-state index is 12.5. The van der Waals surface area contributed by atoms with Crippen LogP contribution in [0.3, 0.4) is 0 Å². The van der Waals surface area contributed by atoms with Gasteiger partial charge in [-0.15, -0.1) is 0 Å². The van der Waals surface area contributed by atoms with Crippen LogP contribution in [0.2, 0.25) is 0 Å². The third kappa shape index (κ3) is 3.13. The van der Waals surface area contributed by atoms with Crippen LogP contribution in [-0.2, 0) is 0 Å². The van der Waals surface area contributed by atoms with Crippen LogP contribution >= 0.6 is 31.9 Å². The summed E-state index contributed by atoms with van der Waals surface area (Å²) in [5, 5.41) is 3.41. The Kier molecular flexibility index (Phi) is 4.14. The summed E-state index contributed by atoms with van der Waals surface area (Å²) in [5.41, 5.74) is 0.700. The molecule has 1 aliphatic heterocycles. The Labute approximate surface area is 124 Å². The van der Waals surface area contributed by atoms with Crippen molar-refractivity contribution in [3.63, 3.8) is 0 Å². The lowest BCUT2D eigenvalue weighted by molar-refractivity contribution is 0.0651. The molecule has 2 rings (SSSR count). The largest absolute Gasteiger partial charge is 0.336 e. The number of nitrogens with one attached hydrogen (secondary N) is 1. The van der Waals surface area contributed by atoms with Crippen molar-refractivity contribution in [2.75, 3.05) is 19.6 Å². The number of hydrogen-bond acceptors (Lipinski definition) is 2. The molecule has 5 heteroatoms. The lowest BCUT2D eigenvalue weighted by atomic mass is 10.0. The Morgan fingerprint density at radius 1 is 1.39 bits per heavy atom. The van der Waals surface area contributed by atoms with Gasteiger partial charge in [-0.05, 0) is 48.0 Å². The van der Waals surface area contributed by atoms with Crippen molar-refractivity contribution in [3.8, 4) is 0 Å². The van der Waals surface area contributed by atoms with Gasteiger partial charge in [0.25, 0.3) is 5.91 Å². The maximum absolute atomic E-state index is 12.5. The Morgan fingerprint density at radius 2 is 2.11 bits per heavy atom. The molecule has 1 aliphatic rings. The number of rotatable bonds is 1. The molecule has 0 radical (unpaired) electrons. The summed E-state index contributed by atoms with van der Waals surface area (Å²) in [6.07, 6.45) is 0. The first-order valence-corrected chi connectivity index (χ1v) is 7.47. The summed E-state index contributed by atoms with van der Waals surface area (Å²) < 4.78 is 1.80. The molecule has 1 heterocycles. The van der Waals surface area contributed by atoms with Crippen LogP contribution in [0.1, 0.15) is 24.2 Å². The monoisotopic (exact) mass is 374 g/mol. The molecule has 1 aromatic rings. The van der Waals surface area contributed by atoms with Gasteiger partial charge in [-0.2, -0.15) is 0 Å². The van der Waals surface area contributed by atoms with Crippen molar-refractivity contribution in [3.05, 3.63) is 32.7 Å². The van der Waals surface area contributed by atoms with Gasteiger partial charge >= 0.3 is 0 Å². The standard InChI is InChI=1S/C13H16Br2N2O/c1-13(2)8-17(6-5-16-13)12(18)10-4-3-9(14)7-11(10)15/h3-4,7,16H,5-6,8H2,1-2H3. The fraction of sp³-hybridized carbons (Fsp3) is 0.462. The zero-order valence-electron chi connectivity index (χ0n) is 10.5. The van der Waals surface area contributed by atoms with Gasteiger partial charge < -0.3 is 10.2 Å². The molecule has 1 aromatic carbocycles. The van der Waals surface area contributed by atoms with Crippen LogP contribution in [0.4, 0.5) is 0 Å². The molecule has 18 heavy (non-hydrogen) atoms. The number of halogens is 2. The van der Waals surface area contributed by atoms with Gasteiger partial charge in [-0.1, -0.05) is 15.9 Å². The third-order valence-electron chi connectivity index (χ3n) is 3.02. The molecule has 1 fully saturated rings. The minimum Gasteiger partial charge on any atom is -0.336 e. The molecule has 0 aromatic heterocycles. The van der Waals surface area contributed by atoms with E-state index in [1.807, 2.05) is 23.1 Å². The van der Waals surface area contributed by atoms with E-state index >= 15 is 0 Å². The number of hydrogen-bond donors (Lipinski definition) is 1. The van der Waals surface area contributed by atoms with Crippen molar-refractivity contribution in [2.45, 2.75) is 19.4 Å². The molecule has 0 bridgehead atoms. The van der Waals surface area contributed by atoms with Crippen LogP contribution in [0.5, 0.6) is 0 Å². The second kappa shape index (κ2) is 5.31. The number of benzene rings is 1.